The number of hydrogen-bond acceptors (Lipinski definition) is 5. The Hall–Kier alpha value is -2.89. The zero-order chi connectivity index (χ0) is 22.3. The summed E-state index contributed by atoms with van der Waals surface area (Å²) >= 11 is 0. The average molecular weight is 430 g/mol. The van der Waals surface area contributed by atoms with Gasteiger partial charge in [-0.3, -0.25) is 4.79 Å². The number of nitrogens with zero attached hydrogens (tertiary/aromatic N) is 2. The van der Waals surface area contributed by atoms with E-state index in [1.807, 2.05) is 32.9 Å². The van der Waals surface area contributed by atoms with E-state index in [4.69, 9.17) is 4.74 Å². The number of aromatic nitrogens is 1. The van der Waals surface area contributed by atoms with Crippen molar-refractivity contribution in [2.24, 2.45) is 0 Å². The van der Waals surface area contributed by atoms with Crippen LogP contribution in [0, 0.1) is 25.2 Å². The molecule has 0 aliphatic carbocycles. The van der Waals surface area contributed by atoms with Crippen LogP contribution in [0.15, 0.2) is 46.9 Å². The number of carbonyl (C=O) groups excluding carboxylic acids is 1. The van der Waals surface area contributed by atoms with Crippen LogP contribution in [0.4, 0.5) is 0 Å². The van der Waals surface area contributed by atoms with Crippen LogP contribution in [0.5, 0.6) is 0 Å². The van der Waals surface area contributed by atoms with Gasteiger partial charge < -0.3 is 14.6 Å². The summed E-state index contributed by atoms with van der Waals surface area (Å²) in [6, 6.07) is 12.0. The number of carbonyl (C=O) groups is 1. The van der Waals surface area contributed by atoms with E-state index in [-0.39, 0.29) is 28.8 Å². The number of amides is 1. The Morgan fingerprint density at radius 3 is 2.57 bits per heavy atom. The second kappa shape index (κ2) is 10.2. The van der Waals surface area contributed by atoms with Crippen LogP contribution in [0.3, 0.4) is 0 Å². The summed E-state index contributed by atoms with van der Waals surface area (Å²) in [4.78, 5) is 12.6. The molecule has 0 saturated heterocycles. The van der Waals surface area contributed by atoms with Gasteiger partial charge in [-0.2, -0.15) is 5.26 Å². The van der Waals surface area contributed by atoms with Gasteiger partial charge >= 0.3 is 0 Å². The van der Waals surface area contributed by atoms with Gasteiger partial charge in [-0.1, -0.05) is 18.2 Å². The number of nitrogens with one attached hydrogen (secondary N) is 1. The molecule has 1 amide bonds. The summed E-state index contributed by atoms with van der Waals surface area (Å²) in [6.45, 7) is 6.36. The Morgan fingerprint density at radius 1 is 1.30 bits per heavy atom. The Bertz CT molecular complexity index is 1060. The molecule has 1 unspecified atom stereocenters. The molecule has 30 heavy (non-hydrogen) atoms. The maximum atomic E-state index is 12.4. The first-order chi connectivity index (χ1) is 14.2. The fourth-order valence-corrected chi connectivity index (χ4v) is 4.56. The molecule has 160 valence electrons. The normalized spacial score (nSPS) is 13.0. The van der Waals surface area contributed by atoms with E-state index in [0.29, 0.717) is 6.61 Å². The minimum absolute atomic E-state index is 0.0771. The van der Waals surface area contributed by atoms with E-state index >= 15 is 0 Å². The van der Waals surface area contributed by atoms with Crippen molar-refractivity contribution in [1.29, 1.82) is 5.26 Å². The summed E-state index contributed by atoms with van der Waals surface area (Å²) in [7, 11) is -1.86. The second-order valence-corrected chi connectivity index (χ2v) is 9.17. The highest BCUT2D eigenvalue weighted by Crippen LogP contribution is 2.22. The minimum Gasteiger partial charge on any atom is -0.383 e. The number of rotatable bonds is 9. The Morgan fingerprint density at radius 2 is 1.97 bits per heavy atom. The van der Waals surface area contributed by atoms with Gasteiger partial charge in [-0.15, -0.1) is 0 Å². The van der Waals surface area contributed by atoms with Crippen LogP contribution in [0.2, 0.25) is 0 Å². The van der Waals surface area contributed by atoms with Crippen LogP contribution in [0.25, 0.3) is 6.08 Å². The predicted molar refractivity (Wildman–Crippen MR) is 116 cm³/mol. The van der Waals surface area contributed by atoms with E-state index < -0.39 is 15.7 Å². The quantitative estimate of drug-likeness (QED) is 0.488. The largest absolute Gasteiger partial charge is 0.383 e. The lowest BCUT2D eigenvalue weighted by Crippen LogP contribution is -2.30. The summed E-state index contributed by atoms with van der Waals surface area (Å²) in [5, 5.41) is 12.0. The molecule has 0 spiro atoms. The predicted octanol–water partition coefficient (Wildman–Crippen LogP) is 2.81. The number of nitriles is 1. The van der Waals surface area contributed by atoms with Crippen molar-refractivity contribution >= 4 is 21.8 Å². The Kier molecular flexibility index (Phi) is 7.98. The molecule has 1 aromatic carbocycles. The third kappa shape index (κ3) is 5.59. The van der Waals surface area contributed by atoms with Gasteiger partial charge in [0.15, 0.2) is 9.84 Å². The van der Waals surface area contributed by atoms with Crippen LogP contribution in [0.1, 0.15) is 29.9 Å². The molecule has 1 N–H and O–H groups in total. The molecule has 0 fully saturated rings. The highest BCUT2D eigenvalue weighted by molar-refractivity contribution is 7.91. The molecule has 0 radical (unpaired) electrons. The van der Waals surface area contributed by atoms with Crippen LogP contribution < -0.4 is 5.32 Å². The van der Waals surface area contributed by atoms with Crippen molar-refractivity contribution < 1.29 is 17.9 Å². The van der Waals surface area contributed by atoms with Crippen molar-refractivity contribution in [3.05, 3.63) is 58.9 Å². The number of hydrogen-bond donors (Lipinski definition) is 1. The van der Waals surface area contributed by atoms with Crippen molar-refractivity contribution in [2.75, 3.05) is 26.0 Å². The topological polar surface area (TPSA) is 101 Å². The fraction of sp³-hybridized carbons (Fsp3) is 0.364. The summed E-state index contributed by atoms with van der Waals surface area (Å²) < 4.78 is 31.9. The third-order valence-electron chi connectivity index (χ3n) is 4.80. The molecule has 0 bridgehead atoms. The first kappa shape index (κ1) is 23.4. The summed E-state index contributed by atoms with van der Waals surface area (Å²) in [5.41, 5.74) is 2.60. The molecule has 0 aliphatic rings. The lowest BCUT2D eigenvalue weighted by Gasteiger charge is -2.17. The average Bonchev–Trinajstić information content (AvgIpc) is 2.99. The lowest BCUT2D eigenvalue weighted by atomic mass is 10.1. The molecule has 0 saturated carbocycles. The van der Waals surface area contributed by atoms with Crippen LogP contribution in [-0.2, 0) is 19.4 Å². The third-order valence-corrected chi connectivity index (χ3v) is 6.53. The van der Waals surface area contributed by atoms with Crippen molar-refractivity contribution in [1.82, 2.24) is 9.88 Å². The van der Waals surface area contributed by atoms with Gasteiger partial charge in [0.05, 0.1) is 23.3 Å². The van der Waals surface area contributed by atoms with E-state index in [1.165, 1.54) is 18.2 Å². The fourth-order valence-electron chi connectivity index (χ4n) is 3.39. The number of benzene rings is 1. The molecule has 1 atom stereocenters. The number of ether oxygens (including phenoxy) is 1. The van der Waals surface area contributed by atoms with E-state index in [1.54, 1.807) is 25.3 Å². The molecule has 8 heteroatoms. The summed E-state index contributed by atoms with van der Waals surface area (Å²) in [5.74, 6) is -0.847. The van der Waals surface area contributed by atoms with Crippen molar-refractivity contribution in [3.8, 4) is 6.07 Å². The van der Waals surface area contributed by atoms with Gasteiger partial charge in [-0.05, 0) is 50.6 Å². The molecular formula is C22H27N3O4S. The van der Waals surface area contributed by atoms with Crippen LogP contribution in [-0.4, -0.2) is 44.9 Å². The molecule has 1 heterocycles. The van der Waals surface area contributed by atoms with Gasteiger partial charge in [0.25, 0.3) is 5.91 Å². The molecule has 1 aromatic heterocycles. The molecular weight excluding hydrogens is 402 g/mol. The van der Waals surface area contributed by atoms with Gasteiger partial charge in [0.1, 0.15) is 11.6 Å². The Balaban J connectivity index is 2.11. The first-order valence-corrected chi connectivity index (χ1v) is 11.2. The lowest BCUT2D eigenvalue weighted by molar-refractivity contribution is -0.116. The molecule has 7 nitrogen and oxygen atoms in total. The highest BCUT2D eigenvalue weighted by Gasteiger charge is 2.17. The monoisotopic (exact) mass is 429 g/mol. The summed E-state index contributed by atoms with van der Waals surface area (Å²) in [6.07, 6.45) is 1.53. The smallest absolute Gasteiger partial charge is 0.261 e. The molecule has 0 aliphatic heterocycles. The van der Waals surface area contributed by atoms with E-state index in [2.05, 4.69) is 9.88 Å². The number of aryl methyl sites for hydroxylation is 1. The number of methoxy groups -OCH3 is 1. The maximum absolute atomic E-state index is 12.4. The SMILES string of the molecule is COCC(C)n1c(C)cc(/C=C(\C#N)C(=O)NCCS(=O)(=O)c2ccccc2)c1C. The first-order valence-electron chi connectivity index (χ1n) is 9.56. The standard InChI is InChI=1S/C22H27N3O4S/c1-16-12-19(18(3)25(16)17(2)15-29-4)13-20(14-23)22(26)24-10-11-30(27,28)21-8-6-5-7-9-21/h5-9,12-13,17H,10-11,15H2,1-4H3,(H,24,26)/b20-13+. The number of sulfone groups is 1. The van der Waals surface area contributed by atoms with Gasteiger partial charge in [0.2, 0.25) is 0 Å². The van der Waals surface area contributed by atoms with E-state index in [0.717, 1.165) is 17.0 Å². The zero-order valence-electron chi connectivity index (χ0n) is 17.7. The van der Waals surface area contributed by atoms with Gasteiger partial charge in [-0.25, -0.2) is 8.42 Å². The zero-order valence-corrected chi connectivity index (χ0v) is 18.5. The highest BCUT2D eigenvalue weighted by atomic mass is 32.2. The Labute approximate surface area is 177 Å². The molecule has 2 rings (SSSR count). The van der Waals surface area contributed by atoms with Crippen LogP contribution >= 0.6 is 0 Å². The van der Waals surface area contributed by atoms with Gasteiger partial charge in [0, 0.05) is 25.0 Å². The molecule has 2 aromatic rings. The second-order valence-electron chi connectivity index (χ2n) is 7.06. The van der Waals surface area contributed by atoms with E-state index in [9.17, 15) is 18.5 Å². The minimum atomic E-state index is -3.50. The van der Waals surface area contributed by atoms with Crippen molar-refractivity contribution in [3.63, 3.8) is 0 Å². The van der Waals surface area contributed by atoms with Crippen molar-refractivity contribution in [2.45, 2.75) is 31.7 Å². The maximum Gasteiger partial charge on any atom is 0.261 e.